The fraction of sp³-hybridized carbons (Fsp3) is 0.241. The second kappa shape index (κ2) is 14.2. The highest BCUT2D eigenvalue weighted by molar-refractivity contribution is 6.06. The Hall–Kier alpha value is -4.86. The van der Waals surface area contributed by atoms with Crippen LogP contribution in [0, 0.1) is 10.1 Å². The third-order valence-corrected chi connectivity index (χ3v) is 5.76. The van der Waals surface area contributed by atoms with Crippen LogP contribution < -0.4 is 24.8 Å². The van der Waals surface area contributed by atoms with Crippen LogP contribution in [0.2, 0.25) is 0 Å². The van der Waals surface area contributed by atoms with Crippen LogP contribution in [0.3, 0.4) is 0 Å². The smallest absolute Gasteiger partial charge is 0.269 e. The summed E-state index contributed by atoms with van der Waals surface area (Å²) in [6.45, 7) is 4.50. The SMILES string of the molecule is C=CCOc1cc(OCCCCC(N)=O)ccc1CN(C(=O)c1ccc([N+](=O)[O-])cc1)c1ccc(OC)cc1. The summed E-state index contributed by atoms with van der Waals surface area (Å²) in [5.74, 6) is 1.03. The molecular weight excluding hydrogens is 502 g/mol. The number of carbonyl (C=O) groups excluding carboxylic acids is 2. The van der Waals surface area contributed by atoms with Gasteiger partial charge in [0.1, 0.15) is 23.9 Å². The van der Waals surface area contributed by atoms with Crippen molar-refractivity contribution in [2.24, 2.45) is 5.73 Å². The first-order valence-corrected chi connectivity index (χ1v) is 12.3. The molecule has 0 aliphatic carbocycles. The monoisotopic (exact) mass is 533 g/mol. The number of rotatable bonds is 15. The van der Waals surface area contributed by atoms with Gasteiger partial charge in [-0.2, -0.15) is 0 Å². The van der Waals surface area contributed by atoms with E-state index in [1.165, 1.54) is 24.3 Å². The maximum Gasteiger partial charge on any atom is 0.269 e. The number of unbranched alkanes of at least 4 members (excludes halogenated alkanes) is 1. The zero-order valence-electron chi connectivity index (χ0n) is 21.7. The van der Waals surface area contributed by atoms with Gasteiger partial charge in [-0.05, 0) is 61.4 Å². The molecule has 0 aliphatic rings. The highest BCUT2D eigenvalue weighted by atomic mass is 16.6. The second-order valence-electron chi connectivity index (χ2n) is 8.53. The predicted octanol–water partition coefficient (Wildman–Crippen LogP) is 5.05. The van der Waals surface area contributed by atoms with Crippen molar-refractivity contribution in [2.45, 2.75) is 25.8 Å². The Balaban J connectivity index is 1.89. The summed E-state index contributed by atoms with van der Waals surface area (Å²) in [5.41, 5.74) is 6.68. The van der Waals surface area contributed by atoms with Crippen molar-refractivity contribution in [1.82, 2.24) is 0 Å². The highest BCUT2D eigenvalue weighted by Gasteiger charge is 2.21. The summed E-state index contributed by atoms with van der Waals surface area (Å²) < 4.78 is 17.0. The number of hydrogen-bond acceptors (Lipinski definition) is 7. The number of nitro benzene ring substituents is 1. The van der Waals surface area contributed by atoms with E-state index in [2.05, 4.69) is 6.58 Å². The van der Waals surface area contributed by atoms with E-state index in [0.717, 1.165) is 0 Å². The predicted molar refractivity (Wildman–Crippen MR) is 147 cm³/mol. The molecule has 0 fully saturated rings. The number of benzene rings is 3. The van der Waals surface area contributed by atoms with Crippen LogP contribution in [-0.2, 0) is 11.3 Å². The van der Waals surface area contributed by atoms with Crippen LogP contribution in [0.4, 0.5) is 11.4 Å². The Morgan fingerprint density at radius 2 is 1.69 bits per heavy atom. The van der Waals surface area contributed by atoms with Gasteiger partial charge in [0.15, 0.2) is 0 Å². The van der Waals surface area contributed by atoms with Crippen molar-refractivity contribution in [3.05, 3.63) is 101 Å². The Kier molecular flexibility index (Phi) is 10.4. The molecule has 0 bridgehead atoms. The average molecular weight is 534 g/mol. The Bertz CT molecular complexity index is 1290. The molecule has 2 amide bonds. The van der Waals surface area contributed by atoms with Crippen LogP contribution in [0.15, 0.2) is 79.4 Å². The molecule has 2 N–H and O–H groups in total. The van der Waals surface area contributed by atoms with Gasteiger partial charge in [-0.1, -0.05) is 12.7 Å². The number of non-ortho nitro benzene ring substituents is 1. The summed E-state index contributed by atoms with van der Waals surface area (Å²) in [4.78, 5) is 36.7. The van der Waals surface area contributed by atoms with E-state index in [4.69, 9.17) is 19.9 Å². The number of nitrogens with two attached hydrogens (primary N) is 1. The first-order valence-electron chi connectivity index (χ1n) is 12.3. The van der Waals surface area contributed by atoms with Crippen molar-refractivity contribution in [1.29, 1.82) is 0 Å². The lowest BCUT2D eigenvalue weighted by Crippen LogP contribution is -2.30. The lowest BCUT2D eigenvalue weighted by Gasteiger charge is -2.25. The molecule has 10 heteroatoms. The zero-order chi connectivity index (χ0) is 28.2. The molecule has 0 unspecified atom stereocenters. The molecule has 0 saturated carbocycles. The summed E-state index contributed by atoms with van der Waals surface area (Å²) in [6, 6.07) is 17.8. The van der Waals surface area contributed by atoms with Gasteiger partial charge in [0, 0.05) is 41.4 Å². The lowest BCUT2D eigenvalue weighted by atomic mass is 10.1. The summed E-state index contributed by atoms with van der Waals surface area (Å²) in [5, 5.41) is 11.1. The molecule has 0 saturated heterocycles. The van der Waals surface area contributed by atoms with Gasteiger partial charge in [-0.3, -0.25) is 19.7 Å². The Morgan fingerprint density at radius 1 is 1.00 bits per heavy atom. The van der Waals surface area contributed by atoms with Gasteiger partial charge in [-0.25, -0.2) is 0 Å². The number of primary amides is 1. The van der Waals surface area contributed by atoms with E-state index in [-0.39, 0.29) is 30.7 Å². The fourth-order valence-electron chi connectivity index (χ4n) is 3.72. The molecule has 0 aromatic heterocycles. The molecule has 0 heterocycles. The third kappa shape index (κ3) is 8.32. The third-order valence-electron chi connectivity index (χ3n) is 5.76. The number of hydrogen-bond donors (Lipinski definition) is 1. The van der Waals surface area contributed by atoms with Crippen molar-refractivity contribution >= 4 is 23.2 Å². The van der Waals surface area contributed by atoms with Gasteiger partial charge in [0.2, 0.25) is 5.91 Å². The number of carbonyl (C=O) groups is 2. The molecule has 0 atom stereocenters. The zero-order valence-corrected chi connectivity index (χ0v) is 21.7. The van der Waals surface area contributed by atoms with Crippen LogP contribution in [0.1, 0.15) is 35.2 Å². The summed E-state index contributed by atoms with van der Waals surface area (Å²) in [7, 11) is 1.55. The van der Waals surface area contributed by atoms with Crippen LogP contribution in [0.5, 0.6) is 17.2 Å². The topological polar surface area (TPSA) is 134 Å². The van der Waals surface area contributed by atoms with E-state index >= 15 is 0 Å². The first kappa shape index (κ1) is 28.7. The Labute approximate surface area is 226 Å². The van der Waals surface area contributed by atoms with Crippen LogP contribution >= 0.6 is 0 Å². The summed E-state index contributed by atoms with van der Waals surface area (Å²) in [6.07, 6.45) is 3.22. The molecule has 3 rings (SSSR count). The van der Waals surface area contributed by atoms with E-state index in [9.17, 15) is 19.7 Å². The number of amides is 2. The molecule has 39 heavy (non-hydrogen) atoms. The maximum absolute atomic E-state index is 13.6. The van der Waals surface area contributed by atoms with Crippen molar-refractivity contribution in [2.75, 3.05) is 25.2 Å². The van der Waals surface area contributed by atoms with Gasteiger partial charge in [-0.15, -0.1) is 0 Å². The van der Waals surface area contributed by atoms with Crippen molar-refractivity contribution in [3.63, 3.8) is 0 Å². The van der Waals surface area contributed by atoms with Crippen LogP contribution in [0.25, 0.3) is 0 Å². The van der Waals surface area contributed by atoms with E-state index in [1.807, 2.05) is 6.07 Å². The standard InChI is InChI=1S/C29H31N3O7/c1-3-17-39-27-19-26(38-18-5-4-6-28(30)33)14-9-22(27)20-31(23-12-15-25(37-2)16-13-23)29(34)21-7-10-24(11-8-21)32(35)36/h3,7-16,19H,1,4-6,17-18,20H2,2H3,(H2,30,33). The average Bonchev–Trinajstić information content (AvgIpc) is 2.95. The number of nitrogens with zero attached hydrogens (tertiary/aromatic N) is 2. The quantitative estimate of drug-likeness (QED) is 0.125. The minimum atomic E-state index is -0.514. The Morgan fingerprint density at radius 3 is 2.31 bits per heavy atom. The molecule has 3 aromatic carbocycles. The number of anilines is 1. The van der Waals surface area contributed by atoms with Gasteiger partial charge in [0.25, 0.3) is 11.6 Å². The van der Waals surface area contributed by atoms with Gasteiger partial charge < -0.3 is 24.8 Å². The first-order chi connectivity index (χ1) is 18.8. The number of ether oxygens (including phenoxy) is 3. The van der Waals surface area contributed by atoms with Crippen molar-refractivity contribution in [3.8, 4) is 17.2 Å². The largest absolute Gasteiger partial charge is 0.497 e. The highest BCUT2D eigenvalue weighted by Crippen LogP contribution is 2.30. The molecule has 0 aliphatic heterocycles. The number of methoxy groups -OCH3 is 1. The van der Waals surface area contributed by atoms with Gasteiger partial charge in [0.05, 0.1) is 25.2 Å². The molecule has 0 radical (unpaired) electrons. The van der Waals surface area contributed by atoms with E-state index in [1.54, 1.807) is 54.5 Å². The molecule has 0 spiro atoms. The molecule has 10 nitrogen and oxygen atoms in total. The fourth-order valence-corrected chi connectivity index (χ4v) is 3.72. The molecule has 3 aromatic rings. The minimum Gasteiger partial charge on any atom is -0.497 e. The lowest BCUT2D eigenvalue weighted by molar-refractivity contribution is -0.384. The summed E-state index contributed by atoms with van der Waals surface area (Å²) >= 11 is 0. The number of nitro groups is 1. The van der Waals surface area contributed by atoms with Crippen molar-refractivity contribution < 1.29 is 28.7 Å². The van der Waals surface area contributed by atoms with E-state index < -0.39 is 4.92 Å². The second-order valence-corrected chi connectivity index (χ2v) is 8.53. The van der Waals surface area contributed by atoms with Gasteiger partial charge >= 0.3 is 0 Å². The minimum absolute atomic E-state index is 0.104. The molecule has 204 valence electrons. The van der Waals surface area contributed by atoms with Crippen LogP contribution in [-0.4, -0.2) is 37.1 Å². The normalized spacial score (nSPS) is 10.4. The molecular formula is C29H31N3O7. The van der Waals surface area contributed by atoms with E-state index in [0.29, 0.717) is 59.9 Å². The maximum atomic E-state index is 13.6.